The van der Waals surface area contributed by atoms with Gasteiger partial charge in [-0.2, -0.15) is 0 Å². The lowest BCUT2D eigenvalue weighted by Gasteiger charge is -2.15. The molecule has 1 rings (SSSR count). The standard InChI is InChI=1S/C12H17ClS/c1-9(8-13)7-10-5-6-11(14-10)12(2,3)4/h5-7H,8H2,1-4H3/b9-7-. The molecule has 0 unspecified atom stereocenters. The normalized spacial score (nSPS) is 13.4. The Hall–Kier alpha value is -0.270. The van der Waals surface area contributed by atoms with Crippen molar-refractivity contribution in [3.05, 3.63) is 27.5 Å². The van der Waals surface area contributed by atoms with Crippen LogP contribution in [0.3, 0.4) is 0 Å². The zero-order chi connectivity index (χ0) is 10.8. The molecule has 0 saturated heterocycles. The Labute approximate surface area is 95.6 Å². The van der Waals surface area contributed by atoms with Gasteiger partial charge in [-0.05, 0) is 30.5 Å². The monoisotopic (exact) mass is 228 g/mol. The Morgan fingerprint density at radius 2 is 2.07 bits per heavy atom. The highest BCUT2D eigenvalue weighted by atomic mass is 35.5. The molecule has 0 bridgehead atoms. The van der Waals surface area contributed by atoms with Gasteiger partial charge in [-0.3, -0.25) is 0 Å². The second kappa shape index (κ2) is 4.50. The first kappa shape index (κ1) is 11.8. The zero-order valence-electron chi connectivity index (χ0n) is 9.23. The smallest absolute Gasteiger partial charge is 0.0434 e. The van der Waals surface area contributed by atoms with Crippen LogP contribution in [0.1, 0.15) is 37.4 Å². The summed E-state index contributed by atoms with van der Waals surface area (Å²) in [4.78, 5) is 2.72. The lowest BCUT2D eigenvalue weighted by Crippen LogP contribution is -2.07. The molecule has 0 atom stereocenters. The molecule has 0 spiro atoms. The quantitative estimate of drug-likeness (QED) is 0.645. The third-order valence-corrected chi connectivity index (χ3v) is 3.84. The number of thiophene rings is 1. The van der Waals surface area contributed by atoms with Gasteiger partial charge in [0.25, 0.3) is 0 Å². The van der Waals surface area contributed by atoms with Gasteiger partial charge in [0.2, 0.25) is 0 Å². The molecule has 0 nitrogen and oxygen atoms in total. The Bertz CT molecular complexity index is 328. The molecule has 0 amide bonds. The molecule has 0 aliphatic rings. The van der Waals surface area contributed by atoms with Gasteiger partial charge >= 0.3 is 0 Å². The fourth-order valence-corrected chi connectivity index (χ4v) is 2.28. The van der Waals surface area contributed by atoms with Crippen molar-refractivity contribution >= 4 is 29.0 Å². The summed E-state index contributed by atoms with van der Waals surface area (Å²) in [5.74, 6) is 0.614. The van der Waals surface area contributed by atoms with Crippen LogP contribution in [-0.4, -0.2) is 5.88 Å². The summed E-state index contributed by atoms with van der Waals surface area (Å²) in [6.07, 6.45) is 2.16. The van der Waals surface area contributed by atoms with Gasteiger partial charge in [-0.15, -0.1) is 22.9 Å². The topological polar surface area (TPSA) is 0 Å². The third kappa shape index (κ3) is 3.14. The number of allylic oxidation sites excluding steroid dienone is 1. The molecule has 1 aromatic rings. The highest BCUT2D eigenvalue weighted by Gasteiger charge is 2.15. The number of hydrogen-bond donors (Lipinski definition) is 0. The van der Waals surface area contributed by atoms with Crippen LogP contribution in [0.5, 0.6) is 0 Å². The first-order valence-electron chi connectivity index (χ1n) is 4.77. The van der Waals surface area contributed by atoms with Gasteiger partial charge in [0.15, 0.2) is 0 Å². The molecule has 0 radical (unpaired) electrons. The molecule has 14 heavy (non-hydrogen) atoms. The van der Waals surface area contributed by atoms with E-state index in [0.717, 1.165) is 0 Å². The Morgan fingerprint density at radius 1 is 1.43 bits per heavy atom. The van der Waals surface area contributed by atoms with Gasteiger partial charge in [0.05, 0.1) is 0 Å². The van der Waals surface area contributed by atoms with Crippen molar-refractivity contribution in [3.63, 3.8) is 0 Å². The molecule has 0 aromatic carbocycles. The van der Waals surface area contributed by atoms with Crippen LogP contribution in [0.4, 0.5) is 0 Å². The summed E-state index contributed by atoms with van der Waals surface area (Å²) >= 11 is 7.58. The number of halogens is 1. The van der Waals surface area contributed by atoms with Crippen molar-refractivity contribution in [1.29, 1.82) is 0 Å². The maximum atomic E-state index is 5.73. The summed E-state index contributed by atoms with van der Waals surface area (Å²) in [5, 5.41) is 0. The SMILES string of the molecule is C/C(=C/c1ccc(C(C)(C)C)s1)CCl. The van der Waals surface area contributed by atoms with Gasteiger partial charge < -0.3 is 0 Å². The van der Waals surface area contributed by atoms with E-state index in [9.17, 15) is 0 Å². The van der Waals surface area contributed by atoms with E-state index < -0.39 is 0 Å². The van der Waals surface area contributed by atoms with E-state index in [1.54, 1.807) is 0 Å². The first-order chi connectivity index (χ1) is 6.43. The second-order valence-corrected chi connectivity index (χ2v) is 5.96. The van der Waals surface area contributed by atoms with Crippen LogP contribution in [0.25, 0.3) is 6.08 Å². The second-order valence-electron chi connectivity index (χ2n) is 4.58. The van der Waals surface area contributed by atoms with Crippen LogP contribution >= 0.6 is 22.9 Å². The first-order valence-corrected chi connectivity index (χ1v) is 6.12. The molecule has 0 N–H and O–H groups in total. The van der Waals surface area contributed by atoms with E-state index in [-0.39, 0.29) is 5.41 Å². The minimum Gasteiger partial charge on any atom is -0.140 e. The van der Waals surface area contributed by atoms with Crippen molar-refractivity contribution in [2.45, 2.75) is 33.1 Å². The van der Waals surface area contributed by atoms with Crippen LogP contribution in [-0.2, 0) is 5.41 Å². The van der Waals surface area contributed by atoms with Crippen molar-refractivity contribution < 1.29 is 0 Å². The van der Waals surface area contributed by atoms with Crippen molar-refractivity contribution in [2.75, 3.05) is 5.88 Å². The van der Waals surface area contributed by atoms with E-state index in [4.69, 9.17) is 11.6 Å². The predicted molar refractivity (Wildman–Crippen MR) is 67.4 cm³/mol. The summed E-state index contributed by atoms with van der Waals surface area (Å²) in [6.45, 7) is 8.77. The molecular weight excluding hydrogens is 212 g/mol. The molecule has 0 aliphatic carbocycles. The number of hydrogen-bond acceptors (Lipinski definition) is 1. The van der Waals surface area contributed by atoms with Gasteiger partial charge in [0.1, 0.15) is 0 Å². The summed E-state index contributed by atoms with van der Waals surface area (Å²) < 4.78 is 0. The molecule has 1 heterocycles. The molecule has 0 fully saturated rings. The number of alkyl halides is 1. The average molecular weight is 229 g/mol. The fourth-order valence-electron chi connectivity index (χ4n) is 1.11. The van der Waals surface area contributed by atoms with Gasteiger partial charge in [-0.25, -0.2) is 0 Å². The van der Waals surface area contributed by atoms with E-state index in [1.807, 2.05) is 11.3 Å². The van der Waals surface area contributed by atoms with Crippen LogP contribution < -0.4 is 0 Å². The third-order valence-electron chi connectivity index (χ3n) is 1.97. The Balaban J connectivity index is 2.89. The average Bonchev–Trinajstić information content (AvgIpc) is 2.51. The molecule has 78 valence electrons. The van der Waals surface area contributed by atoms with Gasteiger partial charge in [-0.1, -0.05) is 26.3 Å². The van der Waals surface area contributed by atoms with Crippen molar-refractivity contribution in [1.82, 2.24) is 0 Å². The highest BCUT2D eigenvalue weighted by Crippen LogP contribution is 2.30. The van der Waals surface area contributed by atoms with Crippen LogP contribution in [0.2, 0.25) is 0 Å². The summed E-state index contributed by atoms with van der Waals surface area (Å²) in [7, 11) is 0. The lowest BCUT2D eigenvalue weighted by atomic mass is 9.95. The summed E-state index contributed by atoms with van der Waals surface area (Å²) in [5.41, 5.74) is 1.47. The molecule has 0 aliphatic heterocycles. The summed E-state index contributed by atoms with van der Waals surface area (Å²) in [6, 6.07) is 4.37. The van der Waals surface area contributed by atoms with Gasteiger partial charge in [0, 0.05) is 15.6 Å². The predicted octanol–water partition coefficient (Wildman–Crippen LogP) is 4.69. The van der Waals surface area contributed by atoms with Crippen molar-refractivity contribution in [2.24, 2.45) is 0 Å². The van der Waals surface area contributed by atoms with Crippen molar-refractivity contribution in [3.8, 4) is 0 Å². The minimum atomic E-state index is 0.256. The highest BCUT2D eigenvalue weighted by molar-refractivity contribution is 7.13. The zero-order valence-corrected chi connectivity index (χ0v) is 10.8. The maximum absolute atomic E-state index is 5.73. The molecule has 0 saturated carbocycles. The van der Waals surface area contributed by atoms with E-state index in [2.05, 4.69) is 45.9 Å². The van der Waals surface area contributed by atoms with E-state index in [1.165, 1.54) is 15.3 Å². The number of rotatable bonds is 2. The molecule has 2 heteroatoms. The largest absolute Gasteiger partial charge is 0.140 e. The Morgan fingerprint density at radius 3 is 2.50 bits per heavy atom. The fraction of sp³-hybridized carbons (Fsp3) is 0.500. The minimum absolute atomic E-state index is 0.256. The Kier molecular flexibility index (Phi) is 3.79. The van der Waals surface area contributed by atoms with Crippen LogP contribution in [0.15, 0.2) is 17.7 Å². The maximum Gasteiger partial charge on any atom is 0.0434 e. The lowest BCUT2D eigenvalue weighted by molar-refractivity contribution is 0.604. The molecular formula is C12H17ClS. The van der Waals surface area contributed by atoms with E-state index >= 15 is 0 Å². The van der Waals surface area contributed by atoms with Crippen LogP contribution in [0, 0.1) is 0 Å². The molecule has 1 aromatic heterocycles. The van der Waals surface area contributed by atoms with E-state index in [0.29, 0.717) is 5.88 Å².